The summed E-state index contributed by atoms with van der Waals surface area (Å²) in [5.74, 6) is 0.483. The van der Waals surface area contributed by atoms with Crippen LogP contribution in [0.2, 0.25) is 0 Å². The molecule has 3 nitrogen and oxygen atoms in total. The highest BCUT2D eigenvalue weighted by atomic mass is 32.2. The molecule has 0 saturated heterocycles. The normalized spacial score (nSPS) is 17.7. The first kappa shape index (κ1) is 16.0. The molecule has 0 heterocycles. The lowest BCUT2D eigenvalue weighted by atomic mass is 9.97. The molecular formula is C17H23NO2S. The van der Waals surface area contributed by atoms with E-state index in [0.717, 1.165) is 18.4 Å². The lowest BCUT2D eigenvalue weighted by Crippen LogP contribution is -2.32. The van der Waals surface area contributed by atoms with E-state index in [4.69, 9.17) is 0 Å². The summed E-state index contributed by atoms with van der Waals surface area (Å²) in [5, 5.41) is 3.04. The van der Waals surface area contributed by atoms with Gasteiger partial charge in [0.05, 0.1) is 6.04 Å². The first-order valence-electron chi connectivity index (χ1n) is 7.47. The number of carbonyl (C=O) groups excluding carboxylic acids is 1. The number of rotatable bonds is 6. The van der Waals surface area contributed by atoms with E-state index >= 15 is 0 Å². The quantitative estimate of drug-likeness (QED) is 0.821. The zero-order valence-electron chi connectivity index (χ0n) is 12.5. The van der Waals surface area contributed by atoms with E-state index in [1.165, 1.54) is 18.4 Å². The van der Waals surface area contributed by atoms with Gasteiger partial charge in [-0.1, -0.05) is 42.0 Å². The minimum absolute atomic E-state index is 0.0300. The smallest absolute Gasteiger partial charge is 0.224 e. The monoisotopic (exact) mass is 305 g/mol. The predicted molar refractivity (Wildman–Crippen MR) is 87.4 cm³/mol. The highest BCUT2D eigenvalue weighted by Gasteiger charge is 2.17. The maximum atomic E-state index is 12.2. The third-order valence-electron chi connectivity index (χ3n) is 3.71. The van der Waals surface area contributed by atoms with Crippen molar-refractivity contribution in [3.05, 3.63) is 47.5 Å². The molecule has 114 valence electrons. The van der Waals surface area contributed by atoms with Crippen LogP contribution in [-0.2, 0) is 15.6 Å². The van der Waals surface area contributed by atoms with Crippen molar-refractivity contribution in [2.45, 2.75) is 38.1 Å². The molecule has 21 heavy (non-hydrogen) atoms. The summed E-state index contributed by atoms with van der Waals surface area (Å²) >= 11 is 0. The number of benzene rings is 1. The Hall–Kier alpha value is -1.42. The Morgan fingerprint density at radius 3 is 2.67 bits per heavy atom. The second-order valence-electron chi connectivity index (χ2n) is 5.56. The number of allylic oxidation sites excluding steroid dienone is 1. The highest BCUT2D eigenvalue weighted by Crippen LogP contribution is 2.21. The molecule has 0 spiro atoms. The molecule has 1 aromatic carbocycles. The zero-order valence-corrected chi connectivity index (χ0v) is 13.3. The van der Waals surface area contributed by atoms with E-state index in [1.54, 1.807) is 6.26 Å². The van der Waals surface area contributed by atoms with Gasteiger partial charge in [0.25, 0.3) is 0 Å². The average Bonchev–Trinajstić information content (AvgIpc) is 2.48. The Morgan fingerprint density at radius 1 is 1.29 bits per heavy atom. The second kappa shape index (κ2) is 8.13. The molecule has 0 saturated carbocycles. The van der Waals surface area contributed by atoms with Gasteiger partial charge in [0.1, 0.15) is 0 Å². The third-order valence-corrected chi connectivity index (χ3v) is 4.51. The Labute approximate surface area is 129 Å². The summed E-state index contributed by atoms with van der Waals surface area (Å²) in [7, 11) is -0.949. The number of hydrogen-bond donors (Lipinski definition) is 1. The molecule has 0 unspecified atom stereocenters. The van der Waals surface area contributed by atoms with E-state index in [-0.39, 0.29) is 11.9 Å². The van der Waals surface area contributed by atoms with Crippen LogP contribution in [0.5, 0.6) is 0 Å². The summed E-state index contributed by atoms with van der Waals surface area (Å²) in [5.41, 5.74) is 2.25. The van der Waals surface area contributed by atoms with Crippen molar-refractivity contribution in [3.8, 4) is 0 Å². The van der Waals surface area contributed by atoms with Crippen molar-refractivity contribution in [1.82, 2.24) is 5.32 Å². The van der Waals surface area contributed by atoms with Gasteiger partial charge >= 0.3 is 0 Å². The fourth-order valence-corrected chi connectivity index (χ4v) is 3.40. The maximum Gasteiger partial charge on any atom is 0.224 e. The molecular weight excluding hydrogens is 282 g/mol. The molecule has 1 aliphatic carbocycles. The molecule has 1 aliphatic rings. The van der Waals surface area contributed by atoms with Gasteiger partial charge in [-0.25, -0.2) is 0 Å². The van der Waals surface area contributed by atoms with Gasteiger partial charge in [0.15, 0.2) is 0 Å². The lowest BCUT2D eigenvalue weighted by molar-refractivity contribution is -0.121. The molecule has 0 fully saturated rings. The van der Waals surface area contributed by atoms with Gasteiger partial charge < -0.3 is 5.32 Å². The van der Waals surface area contributed by atoms with Crippen LogP contribution in [0, 0.1) is 0 Å². The van der Waals surface area contributed by atoms with Crippen LogP contribution in [-0.4, -0.2) is 22.1 Å². The fourth-order valence-electron chi connectivity index (χ4n) is 2.66. The standard InChI is InChI=1S/C17H23NO2S/c1-21(20)13-16(15-10-6-3-7-11-15)18-17(19)12-14-8-4-2-5-9-14/h3,6-8,10-11,16H,2,4-5,9,12-13H2,1H3,(H,18,19)/t16-,21+/m1/s1. The van der Waals surface area contributed by atoms with E-state index in [1.807, 2.05) is 30.3 Å². The zero-order chi connectivity index (χ0) is 15.1. The van der Waals surface area contributed by atoms with Crippen LogP contribution in [0.4, 0.5) is 0 Å². The van der Waals surface area contributed by atoms with Crippen molar-refractivity contribution in [1.29, 1.82) is 0 Å². The van der Waals surface area contributed by atoms with Crippen LogP contribution in [0.1, 0.15) is 43.7 Å². The van der Waals surface area contributed by atoms with Crippen molar-refractivity contribution in [2.24, 2.45) is 0 Å². The topological polar surface area (TPSA) is 46.2 Å². The van der Waals surface area contributed by atoms with Crippen LogP contribution in [0.3, 0.4) is 0 Å². The van der Waals surface area contributed by atoms with Crippen LogP contribution >= 0.6 is 0 Å². The Balaban J connectivity index is 1.99. The van der Waals surface area contributed by atoms with E-state index in [9.17, 15) is 9.00 Å². The minimum atomic E-state index is -0.949. The van der Waals surface area contributed by atoms with E-state index in [0.29, 0.717) is 12.2 Å². The Morgan fingerprint density at radius 2 is 2.05 bits per heavy atom. The molecule has 2 rings (SSSR count). The van der Waals surface area contributed by atoms with E-state index < -0.39 is 10.8 Å². The maximum absolute atomic E-state index is 12.2. The highest BCUT2D eigenvalue weighted by molar-refractivity contribution is 7.84. The van der Waals surface area contributed by atoms with Crippen LogP contribution in [0.25, 0.3) is 0 Å². The predicted octanol–water partition coefficient (Wildman–Crippen LogP) is 3.11. The van der Waals surface area contributed by atoms with Gasteiger partial charge in [-0.05, 0) is 31.2 Å². The Bertz CT molecular complexity index is 525. The molecule has 1 amide bonds. The molecule has 1 aromatic rings. The summed E-state index contributed by atoms with van der Waals surface area (Å²) in [4.78, 5) is 12.2. The largest absolute Gasteiger partial charge is 0.348 e. The first-order chi connectivity index (χ1) is 10.1. The SMILES string of the molecule is C[S@](=O)C[C@@H](NC(=O)CC1=CCCCC1)c1ccccc1. The van der Waals surface area contributed by atoms with Gasteiger partial charge in [-0.3, -0.25) is 9.00 Å². The molecule has 0 aliphatic heterocycles. The molecule has 1 N–H and O–H groups in total. The number of carbonyl (C=O) groups is 1. The average molecular weight is 305 g/mol. The van der Waals surface area contributed by atoms with Gasteiger partial charge in [-0.15, -0.1) is 0 Å². The Kier molecular flexibility index (Phi) is 6.18. The van der Waals surface area contributed by atoms with Crippen molar-refractivity contribution in [2.75, 3.05) is 12.0 Å². The van der Waals surface area contributed by atoms with E-state index in [2.05, 4.69) is 11.4 Å². The molecule has 4 heteroatoms. The first-order valence-corrected chi connectivity index (χ1v) is 9.20. The van der Waals surface area contributed by atoms with Crippen LogP contribution in [0.15, 0.2) is 42.0 Å². The second-order valence-corrected chi connectivity index (χ2v) is 7.04. The summed E-state index contributed by atoms with van der Waals surface area (Å²) < 4.78 is 11.5. The van der Waals surface area contributed by atoms with Crippen LogP contribution < -0.4 is 5.32 Å². The van der Waals surface area contributed by atoms with Gasteiger partial charge in [-0.2, -0.15) is 0 Å². The molecule has 0 radical (unpaired) electrons. The number of amides is 1. The summed E-state index contributed by atoms with van der Waals surface area (Å²) in [6.07, 6.45) is 8.86. The van der Waals surface area contributed by atoms with Gasteiger partial charge in [0, 0.05) is 29.2 Å². The number of hydrogen-bond acceptors (Lipinski definition) is 2. The molecule has 2 atom stereocenters. The van der Waals surface area contributed by atoms with Crippen molar-refractivity contribution >= 4 is 16.7 Å². The number of nitrogens with one attached hydrogen (secondary N) is 1. The molecule has 0 aromatic heterocycles. The van der Waals surface area contributed by atoms with Crippen molar-refractivity contribution in [3.63, 3.8) is 0 Å². The minimum Gasteiger partial charge on any atom is -0.348 e. The van der Waals surface area contributed by atoms with Crippen molar-refractivity contribution < 1.29 is 9.00 Å². The lowest BCUT2D eigenvalue weighted by Gasteiger charge is -2.19. The molecule has 0 bridgehead atoms. The third kappa shape index (κ3) is 5.46. The fraction of sp³-hybridized carbons (Fsp3) is 0.471. The summed E-state index contributed by atoms with van der Waals surface area (Å²) in [6.45, 7) is 0. The van der Waals surface area contributed by atoms with Gasteiger partial charge in [0.2, 0.25) is 5.91 Å². The summed E-state index contributed by atoms with van der Waals surface area (Å²) in [6, 6.07) is 9.59.